The molecule has 1 aliphatic carbocycles. The number of anilines is 1. The first-order chi connectivity index (χ1) is 21.9. The number of hydrogen-bond donors (Lipinski definition) is 10. The van der Waals surface area contributed by atoms with E-state index in [0.717, 1.165) is 12.8 Å². The monoisotopic (exact) mass is 647 g/mol. The lowest BCUT2D eigenvalue weighted by atomic mass is 10.0. The molecule has 0 aliphatic heterocycles. The highest BCUT2D eigenvalue weighted by molar-refractivity contribution is 5.99. The lowest BCUT2D eigenvalue weighted by Gasteiger charge is -2.28. The number of carbonyl (C=O) groups excluding carboxylic acids is 5. The van der Waals surface area contributed by atoms with E-state index in [2.05, 4.69) is 26.6 Å². The Morgan fingerprint density at radius 1 is 0.870 bits per heavy atom. The average molecular weight is 648 g/mol. The Morgan fingerprint density at radius 2 is 1.50 bits per heavy atom. The molecule has 5 atom stereocenters. The molecule has 2 unspecified atom stereocenters. The summed E-state index contributed by atoms with van der Waals surface area (Å²) < 4.78 is 0. The number of carbonyl (C=O) groups is 5. The van der Waals surface area contributed by atoms with Gasteiger partial charge in [0.2, 0.25) is 23.6 Å². The van der Waals surface area contributed by atoms with Crippen LogP contribution >= 0.6 is 0 Å². The molecular formula is C31H53N9O6. The minimum Gasteiger partial charge on any atom is -0.392 e. The van der Waals surface area contributed by atoms with Gasteiger partial charge in [0.25, 0.3) is 0 Å². The van der Waals surface area contributed by atoms with Gasteiger partial charge in [-0.25, -0.2) is 4.79 Å². The second kappa shape index (κ2) is 19.0. The Bertz CT molecular complexity index is 1170. The van der Waals surface area contributed by atoms with E-state index in [1.807, 2.05) is 0 Å². The zero-order valence-electron chi connectivity index (χ0n) is 27.0. The van der Waals surface area contributed by atoms with E-state index < -0.39 is 53.3 Å². The summed E-state index contributed by atoms with van der Waals surface area (Å²) in [5.74, 6) is -2.44. The maximum absolute atomic E-state index is 13.6. The normalized spacial score (nSPS) is 19.0. The molecule has 2 rings (SSSR count). The van der Waals surface area contributed by atoms with Crippen molar-refractivity contribution in [2.24, 2.45) is 34.8 Å². The van der Waals surface area contributed by atoms with E-state index in [9.17, 15) is 29.1 Å². The van der Waals surface area contributed by atoms with Gasteiger partial charge in [0, 0.05) is 12.2 Å². The number of unbranched alkanes of at least 4 members (excludes halogenated alkanes) is 1. The summed E-state index contributed by atoms with van der Waals surface area (Å²) in [7, 11) is 0. The quantitative estimate of drug-likeness (QED) is 0.0752. The van der Waals surface area contributed by atoms with Crippen molar-refractivity contribution in [3.8, 4) is 0 Å². The zero-order chi connectivity index (χ0) is 34.3. The maximum atomic E-state index is 13.6. The first kappa shape index (κ1) is 38.4. The fourth-order valence-electron chi connectivity index (χ4n) is 5.16. The van der Waals surface area contributed by atoms with Crippen LogP contribution in [0.1, 0.15) is 70.8 Å². The van der Waals surface area contributed by atoms with Gasteiger partial charge in [-0.05, 0) is 94.0 Å². The molecule has 1 aliphatic rings. The van der Waals surface area contributed by atoms with Crippen molar-refractivity contribution in [2.75, 3.05) is 25.0 Å². The molecule has 0 bridgehead atoms. The molecule has 6 amide bonds. The van der Waals surface area contributed by atoms with Crippen molar-refractivity contribution < 1.29 is 29.1 Å². The van der Waals surface area contributed by atoms with Crippen molar-refractivity contribution in [1.82, 2.24) is 21.3 Å². The number of rotatable bonds is 21. The number of hydrogen-bond acceptors (Lipinski definition) is 9. The number of aliphatic hydroxyl groups is 1. The highest BCUT2D eigenvalue weighted by Gasteiger charge is 2.56. The van der Waals surface area contributed by atoms with Crippen molar-refractivity contribution in [2.45, 2.75) is 95.5 Å². The van der Waals surface area contributed by atoms with Gasteiger partial charge < -0.3 is 54.6 Å². The molecule has 14 N–H and O–H groups in total. The average Bonchev–Trinajstić information content (AvgIpc) is 3.70. The van der Waals surface area contributed by atoms with Gasteiger partial charge in [-0.3, -0.25) is 19.2 Å². The van der Waals surface area contributed by atoms with Gasteiger partial charge in [-0.15, -0.1) is 0 Å². The van der Waals surface area contributed by atoms with Crippen LogP contribution in [0.2, 0.25) is 0 Å². The summed E-state index contributed by atoms with van der Waals surface area (Å²) in [4.78, 5) is 64.6. The molecule has 46 heavy (non-hydrogen) atoms. The van der Waals surface area contributed by atoms with E-state index >= 15 is 0 Å². The molecule has 0 spiro atoms. The first-order valence-corrected chi connectivity index (χ1v) is 16.0. The molecule has 15 heteroatoms. The van der Waals surface area contributed by atoms with Crippen LogP contribution in [0.4, 0.5) is 10.5 Å². The van der Waals surface area contributed by atoms with Gasteiger partial charge in [0.15, 0.2) is 0 Å². The molecule has 1 saturated carbocycles. The third kappa shape index (κ3) is 12.2. The molecule has 0 radical (unpaired) electrons. The minimum atomic E-state index is -1.06. The van der Waals surface area contributed by atoms with Gasteiger partial charge in [-0.1, -0.05) is 26.0 Å². The second-order valence-electron chi connectivity index (χ2n) is 12.3. The summed E-state index contributed by atoms with van der Waals surface area (Å²) in [5, 5.41) is 22.8. The third-order valence-corrected chi connectivity index (χ3v) is 8.15. The molecule has 0 saturated heterocycles. The molecular weight excluding hydrogens is 594 g/mol. The van der Waals surface area contributed by atoms with Crippen molar-refractivity contribution in [1.29, 1.82) is 0 Å². The Labute approximate surface area is 270 Å². The molecule has 1 aromatic carbocycles. The standard InChI is InChI=1S/C31H53N9O6/c1-19(2)25(40-27(43)24(8-3-4-14-32)39-29(45)31(35)17-21(31)7-5-15-33)28(44)38-23(9-6-16-36-30(34)46)26(42)37-22-12-10-20(18-41)11-13-22/h10-13,19,21,23-25,41H,3-9,14-18,32-33,35H2,1-2H3,(H,37,42)(H,38,44)(H,39,45)(H,40,43)(H3,34,36,46)/t21?,23-,24-,25-,31?/m0/s1. The SMILES string of the molecule is CC(C)[C@H](NC(=O)[C@H](CCCCN)NC(=O)C1(N)CC1CCCN)C(=O)N[C@@H](CCCNC(N)=O)C(=O)Nc1ccc(CO)cc1. The lowest BCUT2D eigenvalue weighted by Crippen LogP contribution is -2.59. The van der Waals surface area contributed by atoms with Crippen LogP contribution in [0.5, 0.6) is 0 Å². The van der Waals surface area contributed by atoms with Crippen molar-refractivity contribution in [3.63, 3.8) is 0 Å². The predicted molar refractivity (Wildman–Crippen MR) is 175 cm³/mol. The van der Waals surface area contributed by atoms with Gasteiger partial charge in [-0.2, -0.15) is 0 Å². The van der Waals surface area contributed by atoms with Crippen LogP contribution < -0.4 is 49.5 Å². The van der Waals surface area contributed by atoms with Gasteiger partial charge in [0.05, 0.1) is 12.1 Å². The number of nitrogens with one attached hydrogen (secondary N) is 5. The fraction of sp³-hybridized carbons (Fsp3) is 0.645. The Balaban J connectivity index is 2.15. The Hall–Kier alpha value is -3.79. The maximum Gasteiger partial charge on any atom is 0.312 e. The number of amides is 6. The predicted octanol–water partition coefficient (Wildman–Crippen LogP) is -0.738. The highest BCUT2D eigenvalue weighted by atomic mass is 16.3. The van der Waals surface area contributed by atoms with E-state index in [-0.39, 0.29) is 31.4 Å². The van der Waals surface area contributed by atoms with Crippen molar-refractivity contribution in [3.05, 3.63) is 29.8 Å². The van der Waals surface area contributed by atoms with Gasteiger partial charge in [0.1, 0.15) is 18.1 Å². The van der Waals surface area contributed by atoms with Crippen LogP contribution in [0, 0.1) is 11.8 Å². The van der Waals surface area contributed by atoms with Crippen LogP contribution in [-0.4, -0.2) is 78.1 Å². The minimum absolute atomic E-state index is 0.00754. The summed E-state index contributed by atoms with van der Waals surface area (Å²) >= 11 is 0. The Kier molecular flexibility index (Phi) is 15.9. The molecule has 1 fully saturated rings. The van der Waals surface area contributed by atoms with E-state index in [4.69, 9.17) is 22.9 Å². The van der Waals surface area contributed by atoms with Crippen LogP contribution in [-0.2, 0) is 25.8 Å². The topological polar surface area (TPSA) is 270 Å². The largest absolute Gasteiger partial charge is 0.392 e. The molecule has 15 nitrogen and oxygen atoms in total. The number of primary amides is 1. The van der Waals surface area contributed by atoms with Crippen LogP contribution in [0.3, 0.4) is 0 Å². The summed E-state index contributed by atoms with van der Waals surface area (Å²) in [6.07, 6.45) is 3.99. The smallest absolute Gasteiger partial charge is 0.312 e. The molecule has 0 heterocycles. The van der Waals surface area contributed by atoms with Gasteiger partial charge >= 0.3 is 6.03 Å². The Morgan fingerprint density at radius 3 is 2.09 bits per heavy atom. The first-order valence-electron chi connectivity index (χ1n) is 16.0. The number of aliphatic hydroxyl groups excluding tert-OH is 1. The third-order valence-electron chi connectivity index (χ3n) is 8.15. The zero-order valence-corrected chi connectivity index (χ0v) is 27.0. The summed E-state index contributed by atoms with van der Waals surface area (Å²) in [6, 6.07) is 2.86. The second-order valence-corrected chi connectivity index (χ2v) is 12.3. The van der Waals surface area contributed by atoms with Crippen LogP contribution in [0.15, 0.2) is 24.3 Å². The van der Waals surface area contributed by atoms with Crippen molar-refractivity contribution >= 4 is 35.3 Å². The summed E-state index contributed by atoms with van der Waals surface area (Å²) in [5.41, 5.74) is 22.8. The van der Waals surface area contributed by atoms with E-state index in [1.165, 1.54) is 0 Å². The van der Waals surface area contributed by atoms with Crippen LogP contribution in [0.25, 0.3) is 0 Å². The lowest BCUT2D eigenvalue weighted by molar-refractivity contribution is -0.134. The molecule has 0 aromatic heterocycles. The summed E-state index contributed by atoms with van der Waals surface area (Å²) in [6.45, 7) is 4.46. The highest BCUT2D eigenvalue weighted by Crippen LogP contribution is 2.44. The number of urea groups is 1. The number of benzene rings is 1. The van der Waals surface area contributed by atoms with E-state index in [1.54, 1.807) is 38.1 Å². The molecule has 258 valence electrons. The molecule has 1 aromatic rings. The fourth-order valence-corrected chi connectivity index (χ4v) is 5.16. The number of nitrogens with two attached hydrogens (primary N) is 4. The van der Waals surface area contributed by atoms with E-state index in [0.29, 0.717) is 56.4 Å².